The van der Waals surface area contributed by atoms with Crippen molar-refractivity contribution in [2.45, 2.75) is 31.3 Å². The third-order valence-corrected chi connectivity index (χ3v) is 3.36. The Morgan fingerprint density at radius 2 is 2.17 bits per heavy atom. The standard InChI is InChI=1S/C10H13ClN4O3/c11-8-7(15(17)18)9(14-6-13-8)12-5-10(16)3-1-2-4-10/h6,16H,1-5H2,(H,12,13,14). The van der Waals surface area contributed by atoms with E-state index in [1.54, 1.807) is 0 Å². The highest BCUT2D eigenvalue weighted by molar-refractivity contribution is 6.31. The Bertz CT molecular complexity index is 462. The van der Waals surface area contributed by atoms with E-state index in [0.717, 1.165) is 19.2 Å². The molecule has 1 aromatic rings. The molecule has 0 bridgehead atoms. The minimum absolute atomic E-state index is 0.0420. The van der Waals surface area contributed by atoms with Crippen LogP contribution in [0.1, 0.15) is 25.7 Å². The summed E-state index contributed by atoms with van der Waals surface area (Å²) < 4.78 is 0. The number of hydrogen-bond donors (Lipinski definition) is 2. The first-order valence-corrected chi connectivity index (χ1v) is 6.01. The second-order valence-corrected chi connectivity index (χ2v) is 4.76. The van der Waals surface area contributed by atoms with E-state index >= 15 is 0 Å². The molecule has 0 spiro atoms. The number of anilines is 1. The van der Waals surface area contributed by atoms with Gasteiger partial charge in [-0.05, 0) is 12.8 Å². The molecule has 7 nitrogen and oxygen atoms in total. The van der Waals surface area contributed by atoms with Gasteiger partial charge >= 0.3 is 5.69 Å². The van der Waals surface area contributed by atoms with Crippen molar-refractivity contribution in [3.8, 4) is 0 Å². The number of rotatable bonds is 4. The van der Waals surface area contributed by atoms with Crippen molar-refractivity contribution in [3.05, 3.63) is 21.6 Å². The van der Waals surface area contributed by atoms with Crippen LogP contribution in [0.2, 0.25) is 5.15 Å². The van der Waals surface area contributed by atoms with E-state index in [1.807, 2.05) is 0 Å². The van der Waals surface area contributed by atoms with Crippen molar-refractivity contribution in [2.75, 3.05) is 11.9 Å². The van der Waals surface area contributed by atoms with Gasteiger partial charge in [0.15, 0.2) is 0 Å². The highest BCUT2D eigenvalue weighted by atomic mass is 35.5. The molecule has 0 aliphatic heterocycles. The summed E-state index contributed by atoms with van der Waals surface area (Å²) in [4.78, 5) is 17.6. The summed E-state index contributed by atoms with van der Waals surface area (Å²) in [7, 11) is 0. The Labute approximate surface area is 108 Å². The van der Waals surface area contributed by atoms with Crippen LogP contribution >= 0.6 is 11.6 Å². The monoisotopic (exact) mass is 272 g/mol. The first-order valence-electron chi connectivity index (χ1n) is 5.63. The SMILES string of the molecule is O=[N+]([O-])c1c(Cl)ncnc1NCC1(O)CCCC1. The second kappa shape index (κ2) is 5.03. The van der Waals surface area contributed by atoms with Gasteiger partial charge in [0.2, 0.25) is 11.0 Å². The molecule has 1 aromatic heterocycles. The van der Waals surface area contributed by atoms with Gasteiger partial charge in [-0.25, -0.2) is 9.97 Å². The van der Waals surface area contributed by atoms with E-state index in [-0.39, 0.29) is 23.2 Å². The zero-order valence-electron chi connectivity index (χ0n) is 9.60. The molecule has 1 aliphatic rings. The lowest BCUT2D eigenvalue weighted by atomic mass is 10.0. The number of aromatic nitrogens is 2. The molecule has 1 saturated carbocycles. The van der Waals surface area contributed by atoms with Gasteiger partial charge in [-0.15, -0.1) is 0 Å². The molecule has 0 unspecified atom stereocenters. The summed E-state index contributed by atoms with van der Waals surface area (Å²) >= 11 is 5.66. The van der Waals surface area contributed by atoms with Crippen LogP contribution in [0.3, 0.4) is 0 Å². The summed E-state index contributed by atoms with van der Waals surface area (Å²) in [6.07, 6.45) is 4.45. The highest BCUT2D eigenvalue weighted by Gasteiger charge is 2.32. The zero-order valence-corrected chi connectivity index (χ0v) is 10.4. The molecule has 0 saturated heterocycles. The third kappa shape index (κ3) is 2.68. The predicted octanol–water partition coefficient (Wildman–Crippen LogP) is 1.76. The summed E-state index contributed by atoms with van der Waals surface area (Å²) in [5, 5.41) is 23.6. The highest BCUT2D eigenvalue weighted by Crippen LogP contribution is 2.32. The summed E-state index contributed by atoms with van der Waals surface area (Å²) in [6, 6.07) is 0. The van der Waals surface area contributed by atoms with Gasteiger partial charge in [0.1, 0.15) is 6.33 Å². The average molecular weight is 273 g/mol. The Balaban J connectivity index is 2.14. The molecular weight excluding hydrogens is 260 g/mol. The van der Waals surface area contributed by atoms with Crippen LogP contribution in [-0.4, -0.2) is 32.1 Å². The van der Waals surface area contributed by atoms with Crippen molar-refractivity contribution in [1.82, 2.24) is 9.97 Å². The first-order chi connectivity index (χ1) is 8.52. The topological polar surface area (TPSA) is 101 Å². The van der Waals surface area contributed by atoms with E-state index < -0.39 is 10.5 Å². The second-order valence-electron chi connectivity index (χ2n) is 4.40. The van der Waals surface area contributed by atoms with Gasteiger partial charge in [0.05, 0.1) is 10.5 Å². The predicted molar refractivity (Wildman–Crippen MR) is 65.6 cm³/mol. The quantitative estimate of drug-likeness (QED) is 0.492. The Hall–Kier alpha value is -1.47. The van der Waals surface area contributed by atoms with Crippen LogP contribution in [0.4, 0.5) is 11.5 Å². The van der Waals surface area contributed by atoms with Gasteiger partial charge in [-0.2, -0.15) is 0 Å². The fourth-order valence-corrected chi connectivity index (χ4v) is 2.31. The molecule has 0 atom stereocenters. The summed E-state index contributed by atoms with van der Waals surface area (Å²) in [6.45, 7) is 0.223. The molecule has 1 fully saturated rings. The lowest BCUT2D eigenvalue weighted by Gasteiger charge is -2.22. The number of aliphatic hydroxyl groups is 1. The first kappa shape index (κ1) is 13.0. The van der Waals surface area contributed by atoms with E-state index in [9.17, 15) is 15.2 Å². The Morgan fingerprint density at radius 1 is 1.50 bits per heavy atom. The van der Waals surface area contributed by atoms with Gasteiger partial charge in [0, 0.05) is 6.54 Å². The van der Waals surface area contributed by atoms with Gasteiger partial charge < -0.3 is 10.4 Å². The van der Waals surface area contributed by atoms with Crippen LogP contribution in [0.5, 0.6) is 0 Å². The molecule has 8 heteroatoms. The van der Waals surface area contributed by atoms with Crippen LogP contribution in [0.25, 0.3) is 0 Å². The maximum absolute atomic E-state index is 10.9. The van der Waals surface area contributed by atoms with E-state index in [4.69, 9.17) is 11.6 Å². The lowest BCUT2D eigenvalue weighted by Crippen LogP contribution is -2.33. The summed E-state index contributed by atoms with van der Waals surface area (Å²) in [5.41, 5.74) is -1.17. The molecule has 1 aliphatic carbocycles. The van der Waals surface area contributed by atoms with Crippen molar-refractivity contribution >= 4 is 23.1 Å². The lowest BCUT2D eigenvalue weighted by molar-refractivity contribution is -0.384. The molecule has 98 valence electrons. The molecule has 0 radical (unpaired) electrons. The van der Waals surface area contributed by atoms with Crippen molar-refractivity contribution in [1.29, 1.82) is 0 Å². The largest absolute Gasteiger partial charge is 0.388 e. The third-order valence-electron chi connectivity index (χ3n) is 3.08. The van der Waals surface area contributed by atoms with Crippen LogP contribution in [0.15, 0.2) is 6.33 Å². The maximum Gasteiger partial charge on any atom is 0.348 e. The molecule has 2 N–H and O–H groups in total. The molecule has 18 heavy (non-hydrogen) atoms. The maximum atomic E-state index is 10.9. The number of hydrogen-bond acceptors (Lipinski definition) is 6. The van der Waals surface area contributed by atoms with Gasteiger partial charge in [-0.3, -0.25) is 10.1 Å². The Morgan fingerprint density at radius 3 is 2.78 bits per heavy atom. The minimum Gasteiger partial charge on any atom is -0.388 e. The van der Waals surface area contributed by atoms with E-state index in [1.165, 1.54) is 0 Å². The smallest absolute Gasteiger partial charge is 0.348 e. The molecule has 0 amide bonds. The fraction of sp³-hybridized carbons (Fsp3) is 0.600. The number of nitrogens with zero attached hydrogens (tertiary/aromatic N) is 3. The zero-order chi connectivity index (χ0) is 13.2. The van der Waals surface area contributed by atoms with Gasteiger partial charge in [-0.1, -0.05) is 24.4 Å². The van der Waals surface area contributed by atoms with Crippen LogP contribution in [-0.2, 0) is 0 Å². The number of halogens is 1. The molecule has 1 heterocycles. The number of nitrogens with one attached hydrogen (secondary N) is 1. The van der Waals surface area contributed by atoms with E-state index in [2.05, 4.69) is 15.3 Å². The van der Waals surface area contributed by atoms with Crippen molar-refractivity contribution in [2.24, 2.45) is 0 Å². The van der Waals surface area contributed by atoms with Crippen molar-refractivity contribution < 1.29 is 10.0 Å². The van der Waals surface area contributed by atoms with E-state index in [0.29, 0.717) is 12.8 Å². The van der Waals surface area contributed by atoms with Gasteiger partial charge in [0.25, 0.3) is 0 Å². The normalized spacial score (nSPS) is 17.7. The fourth-order valence-electron chi connectivity index (χ4n) is 2.11. The Kier molecular flexibility index (Phi) is 3.63. The van der Waals surface area contributed by atoms with Crippen LogP contribution < -0.4 is 5.32 Å². The minimum atomic E-state index is -0.814. The summed E-state index contributed by atoms with van der Waals surface area (Å²) in [5.74, 6) is 0.0420. The average Bonchev–Trinajstić information content (AvgIpc) is 2.73. The van der Waals surface area contributed by atoms with Crippen molar-refractivity contribution in [3.63, 3.8) is 0 Å². The van der Waals surface area contributed by atoms with Crippen LogP contribution in [0, 0.1) is 10.1 Å². The molecular formula is C10H13ClN4O3. The number of nitro groups is 1. The molecule has 2 rings (SSSR count). The molecule has 0 aromatic carbocycles.